The summed E-state index contributed by atoms with van der Waals surface area (Å²) in [5.41, 5.74) is 6.78. The van der Waals surface area contributed by atoms with Crippen LogP contribution in [0.2, 0.25) is 0 Å². The van der Waals surface area contributed by atoms with Gasteiger partial charge in [0.15, 0.2) is 0 Å². The van der Waals surface area contributed by atoms with Crippen molar-refractivity contribution in [3.63, 3.8) is 0 Å². The zero-order valence-corrected chi connectivity index (χ0v) is 13.0. The molecule has 2 aliphatic carbocycles. The van der Waals surface area contributed by atoms with E-state index in [1.54, 1.807) is 0 Å². The first kappa shape index (κ1) is 17.4. The molecule has 0 heterocycles. The molecule has 0 unspecified atom stereocenters. The van der Waals surface area contributed by atoms with E-state index in [1.165, 1.54) is 64.2 Å². The third-order valence-electron chi connectivity index (χ3n) is 4.20. The molecule has 0 aromatic heterocycles. The van der Waals surface area contributed by atoms with Crippen molar-refractivity contribution in [2.45, 2.75) is 69.7 Å². The van der Waals surface area contributed by atoms with Gasteiger partial charge in [-0.25, -0.2) is 0 Å². The summed E-state index contributed by atoms with van der Waals surface area (Å²) in [6, 6.07) is 0. The average molecular weight is 250 g/mol. The summed E-state index contributed by atoms with van der Waals surface area (Å²) >= 11 is 0. The van der Waals surface area contributed by atoms with Crippen molar-refractivity contribution in [1.29, 1.82) is 0 Å². The van der Waals surface area contributed by atoms with E-state index in [0.29, 0.717) is 0 Å². The second-order valence-corrected chi connectivity index (χ2v) is 5.20. The quantitative estimate of drug-likeness (QED) is 0.418. The summed E-state index contributed by atoms with van der Waals surface area (Å²) < 4.78 is 0. The van der Waals surface area contributed by atoms with Crippen LogP contribution in [-0.4, -0.2) is 5.54 Å². The Labute approximate surface area is 126 Å². The second kappa shape index (κ2) is 9.31. The maximum atomic E-state index is 8.00. The normalized spacial score (nSPS) is 23.8. The first-order valence-electron chi connectivity index (χ1n) is 6.47. The van der Waals surface area contributed by atoms with Crippen molar-refractivity contribution in [3.05, 3.63) is 10.1 Å². The van der Waals surface area contributed by atoms with E-state index in [0.717, 1.165) is 11.3 Å². The van der Waals surface area contributed by atoms with Crippen molar-refractivity contribution in [2.75, 3.05) is 0 Å². The van der Waals surface area contributed by atoms with E-state index in [9.17, 15) is 0 Å². The van der Waals surface area contributed by atoms with E-state index in [1.807, 2.05) is 0 Å². The Morgan fingerprint density at radius 1 is 1.00 bits per heavy atom. The number of hydrogen-bond donors (Lipinski definition) is 1. The van der Waals surface area contributed by atoms with Crippen LogP contribution in [0.5, 0.6) is 0 Å². The van der Waals surface area contributed by atoms with Gasteiger partial charge in [-0.1, -0.05) is 38.5 Å². The van der Waals surface area contributed by atoms with Crippen LogP contribution in [0.25, 0.3) is 0 Å². The molecule has 0 aromatic rings. The Balaban J connectivity index is 0.000000583. The number of rotatable bonds is 1. The van der Waals surface area contributed by atoms with E-state index in [-0.39, 0.29) is 35.1 Å². The van der Waals surface area contributed by atoms with Gasteiger partial charge in [-0.2, -0.15) is 0 Å². The maximum absolute atomic E-state index is 8.00. The molecule has 0 bridgehead atoms. The zero-order chi connectivity index (χ0) is 11.9. The molecule has 2 saturated carbocycles. The summed E-state index contributed by atoms with van der Waals surface area (Å²) in [6.07, 6.45) is 13.9. The largest absolute Gasteiger partial charge is 1.00 e. The third-order valence-corrected chi connectivity index (χ3v) is 4.20. The molecule has 0 atom stereocenters. The fraction of sp³-hybridized carbons (Fsp3) is 1.00. The first-order valence-corrected chi connectivity index (χ1v) is 6.47. The van der Waals surface area contributed by atoms with Gasteiger partial charge in [0.05, 0.1) is 0 Å². The van der Waals surface area contributed by atoms with Crippen LogP contribution in [0, 0.1) is 16.0 Å². The Kier molecular flexibility index (Phi) is 9.51. The molecule has 5 heteroatoms. The minimum absolute atomic E-state index is 0. The monoisotopic (exact) mass is 250 g/mol. The molecule has 2 aliphatic rings. The molecular formula is C12H23N2NaO2. The molecule has 94 valence electrons. The van der Waals surface area contributed by atoms with Gasteiger partial charge in [0, 0.05) is 5.54 Å². The predicted octanol–water partition coefficient (Wildman–Crippen LogP) is 0.483. The van der Waals surface area contributed by atoms with Gasteiger partial charge in [-0.15, -0.1) is 5.34 Å². The van der Waals surface area contributed by atoms with E-state index >= 15 is 0 Å². The molecule has 0 radical (unpaired) electrons. The van der Waals surface area contributed by atoms with E-state index in [4.69, 9.17) is 15.8 Å². The molecule has 0 saturated heterocycles. The summed E-state index contributed by atoms with van der Waals surface area (Å²) in [6.45, 7) is 0. The molecule has 0 aliphatic heterocycles. The molecule has 4 nitrogen and oxygen atoms in total. The van der Waals surface area contributed by atoms with Gasteiger partial charge in [0.2, 0.25) is 0 Å². The number of nitrogens with zero attached hydrogens (tertiary/aromatic N) is 1. The minimum Gasteiger partial charge on any atom is -0.444 e. The molecule has 2 N–H and O–H groups in total. The van der Waals surface area contributed by atoms with Gasteiger partial charge in [0.25, 0.3) is 0 Å². The van der Waals surface area contributed by atoms with Crippen LogP contribution in [0.1, 0.15) is 64.2 Å². The van der Waals surface area contributed by atoms with Gasteiger partial charge >= 0.3 is 29.6 Å². The van der Waals surface area contributed by atoms with Crippen LogP contribution < -0.4 is 35.3 Å². The summed E-state index contributed by atoms with van der Waals surface area (Å²) in [4.78, 5) is 8.00. The standard InChI is InChI=1S/C12H23N.HNO2.Na/c13-12(9-5-2-6-10-12)11-7-3-1-4-8-11;2-1-3;/h11H,1-10,13H2;(H,2,3);/q;;+1/p-1. The Hall–Kier alpha value is 0.360. The smallest absolute Gasteiger partial charge is 0.444 e. The van der Waals surface area contributed by atoms with Crippen LogP contribution in [0.4, 0.5) is 0 Å². The van der Waals surface area contributed by atoms with Gasteiger partial charge < -0.3 is 15.8 Å². The van der Waals surface area contributed by atoms with Crippen LogP contribution in [0.3, 0.4) is 0 Å². The zero-order valence-electron chi connectivity index (χ0n) is 11.0. The summed E-state index contributed by atoms with van der Waals surface area (Å²) in [5.74, 6) is 0.863. The van der Waals surface area contributed by atoms with Crippen LogP contribution in [0.15, 0.2) is 5.34 Å². The summed E-state index contributed by atoms with van der Waals surface area (Å²) in [5, 5.41) is 9.00. The Bertz CT molecular complexity index is 203. The van der Waals surface area contributed by atoms with Crippen LogP contribution >= 0.6 is 0 Å². The van der Waals surface area contributed by atoms with E-state index < -0.39 is 0 Å². The fourth-order valence-corrected chi connectivity index (χ4v) is 3.30. The third kappa shape index (κ3) is 5.69. The van der Waals surface area contributed by atoms with Gasteiger partial charge in [-0.05, 0) is 31.6 Å². The molecule has 2 rings (SSSR count). The average Bonchev–Trinajstić information content (AvgIpc) is 2.32. The van der Waals surface area contributed by atoms with Gasteiger partial charge in [-0.3, -0.25) is 0 Å². The second-order valence-electron chi connectivity index (χ2n) is 5.20. The van der Waals surface area contributed by atoms with Gasteiger partial charge in [0.1, 0.15) is 0 Å². The first-order chi connectivity index (χ1) is 7.73. The number of hydrogen-bond acceptors (Lipinski definition) is 4. The molecule has 0 spiro atoms. The minimum atomic E-state index is 0. The van der Waals surface area contributed by atoms with Crippen molar-refractivity contribution in [3.8, 4) is 0 Å². The molecule has 0 aromatic carbocycles. The topological polar surface area (TPSA) is 78.5 Å². The Morgan fingerprint density at radius 2 is 1.41 bits per heavy atom. The van der Waals surface area contributed by atoms with Crippen molar-refractivity contribution >= 4 is 0 Å². The molecule has 0 amide bonds. The van der Waals surface area contributed by atoms with E-state index in [2.05, 4.69) is 0 Å². The number of nitrogens with two attached hydrogens (primary N) is 1. The molecule has 17 heavy (non-hydrogen) atoms. The van der Waals surface area contributed by atoms with Crippen molar-refractivity contribution in [2.24, 2.45) is 17.0 Å². The Morgan fingerprint density at radius 3 is 1.88 bits per heavy atom. The van der Waals surface area contributed by atoms with Crippen molar-refractivity contribution in [1.82, 2.24) is 0 Å². The maximum Gasteiger partial charge on any atom is 1.00 e. The fourth-order valence-electron chi connectivity index (χ4n) is 3.30. The van der Waals surface area contributed by atoms with Crippen LogP contribution in [-0.2, 0) is 0 Å². The van der Waals surface area contributed by atoms with Crippen molar-refractivity contribution < 1.29 is 29.6 Å². The summed E-state index contributed by atoms with van der Waals surface area (Å²) in [7, 11) is 0. The molecule has 2 fully saturated rings. The predicted molar refractivity (Wildman–Crippen MR) is 65.7 cm³/mol. The SMILES string of the molecule is NC1(C2CCCCC2)CCCCC1.O=N[O-].[Na+]. The molecular weight excluding hydrogens is 227 g/mol.